The maximum atomic E-state index is 13.0. The van der Waals surface area contributed by atoms with Crippen molar-refractivity contribution in [3.05, 3.63) is 24.3 Å². The molecular weight excluding hydrogens is 360 g/mol. The third-order valence-corrected chi connectivity index (χ3v) is 7.29. The fraction of sp³-hybridized carbons (Fsp3) is 0.667. The second-order valence-electron chi connectivity index (χ2n) is 9.34. The molecule has 1 aliphatic heterocycles. The molecule has 2 heterocycles. The Hall–Kier alpha value is -2.04. The predicted octanol–water partition coefficient (Wildman–Crippen LogP) is 4.82. The van der Waals surface area contributed by atoms with Gasteiger partial charge in [0, 0.05) is 25.2 Å². The number of benzene rings is 1. The molecule has 2 saturated carbocycles. The Morgan fingerprint density at radius 2 is 1.69 bits per heavy atom. The van der Waals surface area contributed by atoms with Crippen molar-refractivity contribution < 1.29 is 4.79 Å². The molecule has 3 aliphatic rings. The summed E-state index contributed by atoms with van der Waals surface area (Å²) in [6, 6.07) is 9.48. The first-order valence-electron chi connectivity index (χ1n) is 11.8. The molecule has 0 bridgehead atoms. The van der Waals surface area contributed by atoms with Crippen molar-refractivity contribution in [2.24, 2.45) is 5.92 Å². The average molecular weight is 395 g/mol. The predicted molar refractivity (Wildman–Crippen MR) is 117 cm³/mol. The van der Waals surface area contributed by atoms with Gasteiger partial charge in [-0.05, 0) is 50.7 Å². The molecule has 2 aromatic rings. The van der Waals surface area contributed by atoms with Gasteiger partial charge >= 0.3 is 0 Å². The molecule has 0 spiro atoms. The fourth-order valence-corrected chi connectivity index (χ4v) is 5.72. The number of carbonyl (C=O) groups is 1. The van der Waals surface area contributed by atoms with E-state index in [4.69, 9.17) is 4.98 Å². The number of para-hydroxylation sites is 2. The number of aromatic nitrogens is 2. The van der Waals surface area contributed by atoms with Crippen LogP contribution in [0.15, 0.2) is 24.3 Å². The average Bonchev–Trinajstić information content (AvgIpc) is 3.42. The minimum absolute atomic E-state index is 0.0857. The molecule has 1 aromatic carbocycles. The van der Waals surface area contributed by atoms with Crippen LogP contribution in [0.4, 0.5) is 5.95 Å². The highest BCUT2D eigenvalue weighted by Gasteiger charge is 2.31. The highest BCUT2D eigenvalue weighted by molar-refractivity contribution is 5.81. The largest absolute Gasteiger partial charge is 0.353 e. The number of nitrogens with one attached hydrogen (secondary N) is 1. The van der Waals surface area contributed by atoms with Gasteiger partial charge in [-0.15, -0.1) is 0 Å². The molecule has 1 amide bonds. The number of nitrogens with zero attached hydrogens (tertiary/aromatic N) is 3. The highest BCUT2D eigenvalue weighted by Crippen LogP contribution is 2.37. The highest BCUT2D eigenvalue weighted by atomic mass is 16.2. The number of piperidine rings is 1. The van der Waals surface area contributed by atoms with Crippen LogP contribution in [0.3, 0.4) is 0 Å². The standard InChI is InChI=1S/C24H34N4O/c29-23(25-19-10-2-1-3-11-19)18-9-8-16-27(17-18)24-26-21-14-6-7-15-22(21)28(24)20-12-4-5-13-20/h6-7,14-15,18-20H,1-5,8-13,16-17H2,(H,25,29)/t18-/m1/s1. The summed E-state index contributed by atoms with van der Waals surface area (Å²) in [6.07, 6.45) is 13.3. The zero-order valence-electron chi connectivity index (χ0n) is 17.5. The van der Waals surface area contributed by atoms with E-state index in [-0.39, 0.29) is 11.8 Å². The lowest BCUT2D eigenvalue weighted by Gasteiger charge is -2.35. The number of rotatable bonds is 4. The maximum absolute atomic E-state index is 13.0. The third-order valence-electron chi connectivity index (χ3n) is 7.29. The van der Waals surface area contributed by atoms with Crippen molar-refractivity contribution in [2.45, 2.75) is 82.7 Å². The number of fused-ring (bicyclic) bond motifs is 1. The zero-order chi connectivity index (χ0) is 19.6. The van der Waals surface area contributed by atoms with E-state index in [0.717, 1.165) is 50.2 Å². The van der Waals surface area contributed by atoms with Gasteiger partial charge in [-0.3, -0.25) is 4.79 Å². The molecule has 1 aromatic heterocycles. The molecule has 5 nitrogen and oxygen atoms in total. The van der Waals surface area contributed by atoms with Crippen LogP contribution >= 0.6 is 0 Å². The van der Waals surface area contributed by atoms with Gasteiger partial charge in [-0.2, -0.15) is 0 Å². The lowest BCUT2D eigenvalue weighted by atomic mass is 9.93. The summed E-state index contributed by atoms with van der Waals surface area (Å²) in [7, 11) is 0. The van der Waals surface area contributed by atoms with Crippen molar-refractivity contribution in [1.82, 2.24) is 14.9 Å². The molecular formula is C24H34N4O. The first-order chi connectivity index (χ1) is 14.3. The first kappa shape index (κ1) is 19.0. The first-order valence-corrected chi connectivity index (χ1v) is 11.8. The van der Waals surface area contributed by atoms with Crippen molar-refractivity contribution in [3.8, 4) is 0 Å². The van der Waals surface area contributed by atoms with Crippen molar-refractivity contribution in [3.63, 3.8) is 0 Å². The van der Waals surface area contributed by atoms with Crippen LogP contribution in [0.2, 0.25) is 0 Å². The summed E-state index contributed by atoms with van der Waals surface area (Å²) < 4.78 is 2.49. The molecule has 1 atom stereocenters. The maximum Gasteiger partial charge on any atom is 0.225 e. The quantitative estimate of drug-likeness (QED) is 0.809. The van der Waals surface area contributed by atoms with Crippen LogP contribution in [0.25, 0.3) is 11.0 Å². The van der Waals surface area contributed by atoms with Crippen molar-refractivity contribution >= 4 is 22.9 Å². The molecule has 5 rings (SSSR count). The van der Waals surface area contributed by atoms with E-state index >= 15 is 0 Å². The summed E-state index contributed by atoms with van der Waals surface area (Å²) in [5.74, 6) is 1.45. The minimum atomic E-state index is 0.0857. The monoisotopic (exact) mass is 394 g/mol. The number of amides is 1. The van der Waals surface area contributed by atoms with E-state index in [9.17, 15) is 4.79 Å². The van der Waals surface area contributed by atoms with Crippen LogP contribution in [-0.2, 0) is 4.79 Å². The van der Waals surface area contributed by atoms with Crippen LogP contribution in [0.5, 0.6) is 0 Å². The number of imidazole rings is 1. The Labute approximate surface area is 173 Å². The zero-order valence-corrected chi connectivity index (χ0v) is 17.5. The SMILES string of the molecule is O=C(NC1CCCCC1)[C@@H]1CCCN(c2nc3ccccc3n2C2CCCC2)C1. The summed E-state index contributed by atoms with van der Waals surface area (Å²) in [6.45, 7) is 1.80. The topological polar surface area (TPSA) is 50.2 Å². The molecule has 1 saturated heterocycles. The van der Waals surface area contributed by atoms with Crippen molar-refractivity contribution in [2.75, 3.05) is 18.0 Å². The Bertz CT molecular complexity index is 848. The number of hydrogen-bond acceptors (Lipinski definition) is 3. The molecule has 156 valence electrons. The fourth-order valence-electron chi connectivity index (χ4n) is 5.72. The lowest BCUT2D eigenvalue weighted by molar-refractivity contribution is -0.126. The van der Waals surface area contributed by atoms with E-state index in [0.29, 0.717) is 12.1 Å². The second kappa shape index (κ2) is 8.37. The molecule has 0 unspecified atom stereocenters. The molecule has 5 heteroatoms. The summed E-state index contributed by atoms with van der Waals surface area (Å²) in [5, 5.41) is 3.36. The second-order valence-corrected chi connectivity index (χ2v) is 9.34. The van der Waals surface area contributed by atoms with Gasteiger partial charge in [-0.25, -0.2) is 4.98 Å². The van der Waals surface area contributed by atoms with Gasteiger partial charge in [0.2, 0.25) is 11.9 Å². The molecule has 0 radical (unpaired) electrons. The Morgan fingerprint density at radius 1 is 0.931 bits per heavy atom. The lowest BCUT2D eigenvalue weighted by Crippen LogP contribution is -2.47. The molecule has 3 fully saturated rings. The van der Waals surface area contributed by atoms with E-state index in [2.05, 4.69) is 39.0 Å². The van der Waals surface area contributed by atoms with Crippen LogP contribution in [-0.4, -0.2) is 34.6 Å². The molecule has 1 N–H and O–H groups in total. The molecule has 29 heavy (non-hydrogen) atoms. The van der Waals surface area contributed by atoms with E-state index < -0.39 is 0 Å². The molecule has 2 aliphatic carbocycles. The third kappa shape index (κ3) is 3.88. The number of carbonyl (C=O) groups excluding carboxylic acids is 1. The van der Waals surface area contributed by atoms with Gasteiger partial charge < -0.3 is 14.8 Å². The smallest absolute Gasteiger partial charge is 0.225 e. The van der Waals surface area contributed by atoms with Crippen LogP contribution < -0.4 is 10.2 Å². The summed E-state index contributed by atoms with van der Waals surface area (Å²) in [4.78, 5) is 20.4. The number of anilines is 1. The van der Waals surface area contributed by atoms with E-state index in [1.54, 1.807) is 0 Å². The van der Waals surface area contributed by atoms with Gasteiger partial charge in [0.05, 0.1) is 17.0 Å². The minimum Gasteiger partial charge on any atom is -0.353 e. The van der Waals surface area contributed by atoms with E-state index in [1.807, 2.05) is 0 Å². The van der Waals surface area contributed by atoms with Gasteiger partial charge in [0.25, 0.3) is 0 Å². The normalized spacial score (nSPS) is 24.3. The Kier molecular flexibility index (Phi) is 5.47. The van der Waals surface area contributed by atoms with Gasteiger partial charge in [-0.1, -0.05) is 44.2 Å². The number of hydrogen-bond donors (Lipinski definition) is 1. The summed E-state index contributed by atoms with van der Waals surface area (Å²) in [5.41, 5.74) is 2.34. The van der Waals surface area contributed by atoms with Crippen LogP contribution in [0, 0.1) is 5.92 Å². The Balaban J connectivity index is 1.37. The summed E-state index contributed by atoms with van der Waals surface area (Å²) >= 11 is 0. The van der Waals surface area contributed by atoms with Gasteiger partial charge in [0.15, 0.2) is 0 Å². The van der Waals surface area contributed by atoms with Crippen LogP contribution in [0.1, 0.15) is 76.7 Å². The van der Waals surface area contributed by atoms with E-state index in [1.165, 1.54) is 50.5 Å². The van der Waals surface area contributed by atoms with Crippen molar-refractivity contribution in [1.29, 1.82) is 0 Å². The Morgan fingerprint density at radius 3 is 2.52 bits per heavy atom. The van der Waals surface area contributed by atoms with Gasteiger partial charge in [0.1, 0.15) is 0 Å².